The third-order valence-electron chi connectivity index (χ3n) is 3.02. The number of amides is 2. The lowest BCUT2D eigenvalue weighted by atomic mass is 10.1. The van der Waals surface area contributed by atoms with Crippen molar-refractivity contribution in [3.63, 3.8) is 0 Å². The van der Waals surface area contributed by atoms with Crippen molar-refractivity contribution in [2.75, 3.05) is 5.32 Å². The van der Waals surface area contributed by atoms with E-state index in [1.54, 1.807) is 37.3 Å². The molecule has 23 heavy (non-hydrogen) atoms. The number of nitrogens with one attached hydrogen (secondary N) is 1. The zero-order valence-electron chi connectivity index (χ0n) is 12.2. The molecule has 0 unspecified atom stereocenters. The largest absolute Gasteiger partial charge is 0.479 e. The van der Waals surface area contributed by atoms with E-state index in [4.69, 9.17) is 33.7 Å². The van der Waals surface area contributed by atoms with Crippen molar-refractivity contribution in [1.29, 1.82) is 0 Å². The monoisotopic (exact) mass is 352 g/mol. The van der Waals surface area contributed by atoms with Gasteiger partial charge in [0.25, 0.3) is 11.8 Å². The van der Waals surface area contributed by atoms with Gasteiger partial charge >= 0.3 is 0 Å². The highest BCUT2D eigenvalue weighted by Gasteiger charge is 2.18. The number of benzene rings is 2. The molecule has 2 amide bonds. The molecule has 0 heterocycles. The summed E-state index contributed by atoms with van der Waals surface area (Å²) in [4.78, 5) is 23.6. The van der Waals surface area contributed by atoms with E-state index in [-0.39, 0.29) is 5.56 Å². The fourth-order valence-corrected chi connectivity index (χ4v) is 2.31. The maximum Gasteiger partial charge on any atom is 0.265 e. The van der Waals surface area contributed by atoms with Gasteiger partial charge in [-0.2, -0.15) is 0 Å². The first-order chi connectivity index (χ1) is 10.9. The third kappa shape index (κ3) is 4.37. The second-order valence-corrected chi connectivity index (χ2v) is 5.58. The minimum atomic E-state index is -0.838. The summed E-state index contributed by atoms with van der Waals surface area (Å²) in [6.45, 7) is 1.56. The molecule has 120 valence electrons. The lowest BCUT2D eigenvalue weighted by Crippen LogP contribution is -2.31. The molecule has 0 fully saturated rings. The summed E-state index contributed by atoms with van der Waals surface area (Å²) >= 11 is 11.8. The van der Waals surface area contributed by atoms with Crippen LogP contribution in [-0.4, -0.2) is 17.9 Å². The number of primary amides is 1. The molecule has 0 saturated heterocycles. The molecule has 0 aliphatic carbocycles. The average Bonchev–Trinajstić information content (AvgIpc) is 2.50. The lowest BCUT2D eigenvalue weighted by Gasteiger charge is -2.16. The predicted molar refractivity (Wildman–Crippen MR) is 90.1 cm³/mol. The van der Waals surface area contributed by atoms with Gasteiger partial charge in [0.1, 0.15) is 5.75 Å². The Morgan fingerprint density at radius 3 is 2.52 bits per heavy atom. The molecule has 0 aromatic heterocycles. The van der Waals surface area contributed by atoms with Crippen molar-refractivity contribution >= 4 is 40.7 Å². The number of nitrogens with two attached hydrogens (primary N) is 1. The van der Waals surface area contributed by atoms with Crippen molar-refractivity contribution in [3.05, 3.63) is 58.1 Å². The van der Waals surface area contributed by atoms with Gasteiger partial charge in [-0.3, -0.25) is 9.59 Å². The molecule has 0 aliphatic rings. The molecule has 0 bridgehead atoms. The Morgan fingerprint density at radius 2 is 1.87 bits per heavy atom. The van der Waals surface area contributed by atoms with Crippen LogP contribution in [0.5, 0.6) is 5.75 Å². The summed E-state index contributed by atoms with van der Waals surface area (Å²) in [7, 11) is 0. The van der Waals surface area contributed by atoms with Crippen LogP contribution < -0.4 is 15.8 Å². The molecule has 0 spiro atoms. The Labute approximate surface area is 143 Å². The van der Waals surface area contributed by atoms with Crippen LogP contribution in [0.4, 0.5) is 5.69 Å². The fourth-order valence-electron chi connectivity index (χ4n) is 1.86. The maximum atomic E-state index is 12.2. The smallest absolute Gasteiger partial charge is 0.265 e. The van der Waals surface area contributed by atoms with Crippen molar-refractivity contribution < 1.29 is 14.3 Å². The molecule has 7 heteroatoms. The van der Waals surface area contributed by atoms with Crippen molar-refractivity contribution in [3.8, 4) is 5.75 Å². The first-order valence-corrected chi connectivity index (χ1v) is 7.45. The number of halogens is 2. The second-order valence-electron chi connectivity index (χ2n) is 4.73. The van der Waals surface area contributed by atoms with Crippen LogP contribution in [0.15, 0.2) is 42.5 Å². The Kier molecular flexibility index (Phi) is 5.47. The van der Waals surface area contributed by atoms with E-state index in [1.165, 1.54) is 12.1 Å². The Balaban J connectivity index is 2.10. The molecule has 0 radical (unpaired) electrons. The van der Waals surface area contributed by atoms with Gasteiger partial charge in [-0.25, -0.2) is 0 Å². The van der Waals surface area contributed by atoms with Crippen molar-refractivity contribution in [1.82, 2.24) is 0 Å². The van der Waals surface area contributed by atoms with Gasteiger partial charge in [0, 0.05) is 5.02 Å². The molecule has 2 aromatic carbocycles. The molecular weight excluding hydrogens is 339 g/mol. The highest BCUT2D eigenvalue weighted by molar-refractivity contribution is 6.35. The summed E-state index contributed by atoms with van der Waals surface area (Å²) in [5, 5.41) is 3.38. The molecule has 0 saturated carbocycles. The number of ether oxygens (including phenoxy) is 1. The fraction of sp³-hybridized carbons (Fsp3) is 0.125. The van der Waals surface area contributed by atoms with E-state index < -0.39 is 17.9 Å². The number of rotatable bonds is 5. The van der Waals surface area contributed by atoms with Gasteiger partial charge in [-0.15, -0.1) is 0 Å². The highest BCUT2D eigenvalue weighted by atomic mass is 35.5. The first kappa shape index (κ1) is 17.1. The van der Waals surface area contributed by atoms with Crippen LogP contribution in [0.2, 0.25) is 10.0 Å². The van der Waals surface area contributed by atoms with E-state index >= 15 is 0 Å². The zero-order valence-corrected chi connectivity index (χ0v) is 13.7. The SMILES string of the molecule is C[C@@H](Oc1ccc(Cl)cc1Cl)C(=O)Nc1ccccc1C(N)=O. The minimum absolute atomic E-state index is 0.220. The number of para-hydroxylation sites is 1. The third-order valence-corrected chi connectivity index (χ3v) is 3.55. The Morgan fingerprint density at radius 1 is 1.17 bits per heavy atom. The van der Waals surface area contributed by atoms with Gasteiger partial charge in [0.2, 0.25) is 0 Å². The summed E-state index contributed by atoms with van der Waals surface area (Å²) in [5.41, 5.74) is 5.81. The van der Waals surface area contributed by atoms with Crippen LogP contribution in [0.3, 0.4) is 0 Å². The molecule has 2 aromatic rings. The van der Waals surface area contributed by atoms with Crippen LogP contribution in [0.25, 0.3) is 0 Å². The van der Waals surface area contributed by atoms with E-state index in [9.17, 15) is 9.59 Å². The van der Waals surface area contributed by atoms with Gasteiger partial charge in [-0.1, -0.05) is 35.3 Å². The number of carbonyl (C=O) groups is 2. The number of hydrogen-bond acceptors (Lipinski definition) is 3. The van der Waals surface area contributed by atoms with Gasteiger partial charge in [0.05, 0.1) is 16.3 Å². The standard InChI is InChI=1S/C16H14Cl2N2O3/c1-9(23-14-7-6-10(17)8-12(14)18)16(22)20-13-5-3-2-4-11(13)15(19)21/h2-9H,1H3,(H2,19,21)(H,20,22)/t9-/m1/s1. The van der Waals surface area contributed by atoms with Crippen molar-refractivity contribution in [2.24, 2.45) is 5.73 Å². The Bertz CT molecular complexity index is 750. The van der Waals surface area contributed by atoms with Gasteiger partial charge in [-0.05, 0) is 37.3 Å². The molecule has 2 rings (SSSR count). The van der Waals surface area contributed by atoms with Gasteiger partial charge < -0.3 is 15.8 Å². The number of anilines is 1. The second kappa shape index (κ2) is 7.35. The van der Waals surface area contributed by atoms with Gasteiger partial charge in [0.15, 0.2) is 6.10 Å². The maximum absolute atomic E-state index is 12.2. The topological polar surface area (TPSA) is 81.4 Å². The minimum Gasteiger partial charge on any atom is -0.479 e. The summed E-state index contributed by atoms with van der Waals surface area (Å²) in [6, 6.07) is 11.2. The summed E-state index contributed by atoms with van der Waals surface area (Å²) in [6.07, 6.45) is -0.838. The van der Waals surface area contributed by atoms with E-state index in [0.717, 1.165) is 0 Å². The highest BCUT2D eigenvalue weighted by Crippen LogP contribution is 2.28. The first-order valence-electron chi connectivity index (χ1n) is 6.70. The van der Waals surface area contributed by atoms with E-state index in [2.05, 4.69) is 5.32 Å². The van der Waals surface area contributed by atoms with Crippen LogP contribution in [0.1, 0.15) is 17.3 Å². The quantitative estimate of drug-likeness (QED) is 0.863. The number of carbonyl (C=O) groups excluding carboxylic acids is 2. The normalized spacial score (nSPS) is 11.6. The van der Waals surface area contributed by atoms with Crippen LogP contribution in [0, 0.1) is 0 Å². The van der Waals surface area contributed by atoms with Crippen LogP contribution in [-0.2, 0) is 4.79 Å². The predicted octanol–water partition coefficient (Wildman–Crippen LogP) is 3.50. The van der Waals surface area contributed by atoms with E-state index in [1.807, 2.05) is 0 Å². The zero-order chi connectivity index (χ0) is 17.0. The van der Waals surface area contributed by atoms with Crippen molar-refractivity contribution in [2.45, 2.75) is 13.0 Å². The van der Waals surface area contributed by atoms with Crippen LogP contribution >= 0.6 is 23.2 Å². The molecule has 1 atom stereocenters. The molecule has 0 aliphatic heterocycles. The number of hydrogen-bond donors (Lipinski definition) is 2. The average molecular weight is 353 g/mol. The molecule has 3 N–H and O–H groups in total. The lowest BCUT2D eigenvalue weighted by molar-refractivity contribution is -0.122. The molecule has 5 nitrogen and oxygen atoms in total. The summed E-state index contributed by atoms with van der Waals surface area (Å²) < 4.78 is 5.52. The summed E-state index contributed by atoms with van der Waals surface area (Å²) in [5.74, 6) is -0.734. The molecular formula is C16H14Cl2N2O3. The Hall–Kier alpha value is -2.24. The van der Waals surface area contributed by atoms with E-state index in [0.29, 0.717) is 21.5 Å².